The highest BCUT2D eigenvalue weighted by Crippen LogP contribution is 2.34. The number of aryl methyl sites for hydroxylation is 2. The number of amides is 1. The van der Waals surface area contributed by atoms with E-state index in [1.54, 1.807) is 24.5 Å². The van der Waals surface area contributed by atoms with Crippen LogP contribution in [-0.2, 0) is 0 Å². The molecule has 4 nitrogen and oxygen atoms in total. The van der Waals surface area contributed by atoms with Crippen LogP contribution in [0.15, 0.2) is 67.5 Å². The molecular weight excluding hydrogens is 521 g/mol. The molecule has 5 heteroatoms. The first-order chi connectivity index (χ1) is 19.8. The van der Waals surface area contributed by atoms with Gasteiger partial charge in [-0.15, -0.1) is 8.58 Å². The van der Waals surface area contributed by atoms with Gasteiger partial charge in [-0.3, -0.25) is 9.78 Å². The fraction of sp³-hybridized carbons (Fsp3) is 0.306. The van der Waals surface area contributed by atoms with Crippen molar-refractivity contribution in [3.8, 4) is 23.1 Å². The molecular formula is C36H48N3OP. The van der Waals surface area contributed by atoms with Gasteiger partial charge in [0.05, 0.1) is 11.2 Å². The second kappa shape index (κ2) is 20.1. The first kappa shape index (κ1) is 37.2. The van der Waals surface area contributed by atoms with Gasteiger partial charge in [-0.2, -0.15) is 0 Å². The Morgan fingerprint density at radius 3 is 1.88 bits per heavy atom. The molecule has 0 aliphatic rings. The molecule has 4 aromatic rings. The zero-order valence-corrected chi connectivity index (χ0v) is 27.9. The van der Waals surface area contributed by atoms with Crippen molar-refractivity contribution in [3.05, 3.63) is 101 Å². The Balaban J connectivity index is 0.00000161. The fourth-order valence-electron chi connectivity index (χ4n) is 3.85. The monoisotopic (exact) mass is 569 g/mol. The summed E-state index contributed by atoms with van der Waals surface area (Å²) in [6, 6.07) is 15.1. The van der Waals surface area contributed by atoms with Crippen LogP contribution in [0.25, 0.3) is 27.7 Å². The predicted octanol–water partition coefficient (Wildman–Crippen LogP) is 9.39. The number of allylic oxidation sites excluding steroid dienone is 1. The van der Waals surface area contributed by atoms with Crippen LogP contribution in [0.1, 0.15) is 79.7 Å². The number of aromatic nitrogens is 2. The summed E-state index contributed by atoms with van der Waals surface area (Å²) in [5.74, 6) is 5.94. The highest BCUT2D eigenvalue weighted by atomic mass is 31.1. The summed E-state index contributed by atoms with van der Waals surface area (Å²) in [5, 5.41) is 1.06. The summed E-state index contributed by atoms with van der Waals surface area (Å²) >= 11 is 0. The molecule has 0 unspecified atom stereocenters. The third kappa shape index (κ3) is 10.3. The number of hydrogen-bond acceptors (Lipinski definition) is 3. The van der Waals surface area contributed by atoms with Crippen molar-refractivity contribution in [2.24, 2.45) is 5.73 Å². The number of fused-ring (bicyclic) bond motifs is 1. The SMILES string of the molecule is C=C(C#Cc1ccncc1)c1c(C)ccc2nc(-c3ccc(C(N)=O)cc3)c(C)c(C)c12.CC.CC.CC.CPC. The number of benzene rings is 2. The van der Waals surface area contributed by atoms with E-state index in [2.05, 4.69) is 63.6 Å². The van der Waals surface area contributed by atoms with Crippen LogP contribution in [0.2, 0.25) is 0 Å². The highest BCUT2D eigenvalue weighted by molar-refractivity contribution is 7.35. The Hall–Kier alpha value is -3.80. The van der Waals surface area contributed by atoms with Gasteiger partial charge in [-0.05, 0) is 81.1 Å². The van der Waals surface area contributed by atoms with E-state index in [1.807, 2.05) is 71.9 Å². The second-order valence-electron chi connectivity index (χ2n) is 8.27. The van der Waals surface area contributed by atoms with Crippen LogP contribution in [0.5, 0.6) is 0 Å². The average Bonchev–Trinajstić information content (AvgIpc) is 3.02. The molecule has 0 radical (unpaired) electrons. The predicted molar refractivity (Wildman–Crippen MR) is 184 cm³/mol. The van der Waals surface area contributed by atoms with Crippen molar-refractivity contribution < 1.29 is 4.79 Å². The third-order valence-corrected chi connectivity index (χ3v) is 5.70. The van der Waals surface area contributed by atoms with E-state index in [1.165, 1.54) is 0 Å². The number of carbonyl (C=O) groups is 1. The molecule has 1 amide bonds. The van der Waals surface area contributed by atoms with E-state index in [-0.39, 0.29) is 0 Å². The molecule has 0 fully saturated rings. The molecule has 4 rings (SSSR count). The maximum atomic E-state index is 11.4. The molecule has 41 heavy (non-hydrogen) atoms. The number of rotatable bonds is 3. The van der Waals surface area contributed by atoms with Gasteiger partial charge in [0.2, 0.25) is 5.91 Å². The first-order valence-corrected chi connectivity index (χ1v) is 16.3. The van der Waals surface area contributed by atoms with Crippen molar-refractivity contribution in [3.63, 3.8) is 0 Å². The third-order valence-electron chi connectivity index (χ3n) is 5.70. The first-order valence-electron chi connectivity index (χ1n) is 14.3. The summed E-state index contributed by atoms with van der Waals surface area (Å²) in [6.45, 7) is 26.8. The Kier molecular flexibility index (Phi) is 18.3. The molecule has 2 aromatic carbocycles. The molecule has 2 aromatic heterocycles. The molecule has 2 heterocycles. The van der Waals surface area contributed by atoms with E-state index in [0.717, 1.165) is 64.1 Å². The number of nitrogens with zero attached hydrogens (tertiary/aromatic N) is 2. The maximum absolute atomic E-state index is 11.4. The van der Waals surface area contributed by atoms with Gasteiger partial charge in [0, 0.05) is 45.6 Å². The number of carbonyl (C=O) groups excluding carboxylic acids is 1. The molecule has 0 spiro atoms. The summed E-state index contributed by atoms with van der Waals surface area (Å²) in [5.41, 5.74) is 14.5. The second-order valence-corrected chi connectivity index (χ2v) is 9.27. The highest BCUT2D eigenvalue weighted by Gasteiger charge is 2.16. The van der Waals surface area contributed by atoms with E-state index in [4.69, 9.17) is 10.7 Å². The smallest absolute Gasteiger partial charge is 0.248 e. The van der Waals surface area contributed by atoms with Crippen LogP contribution in [-0.4, -0.2) is 29.2 Å². The Morgan fingerprint density at radius 1 is 0.829 bits per heavy atom. The Morgan fingerprint density at radius 2 is 1.37 bits per heavy atom. The number of pyridine rings is 2. The number of primary amides is 1. The van der Waals surface area contributed by atoms with Gasteiger partial charge in [-0.25, -0.2) is 4.98 Å². The standard InChI is InChI=1S/C28H23N3O.C2H7P.3C2H6/c1-17(5-7-21-13-15-30-16-14-21)25-18(2)6-12-24-26(25)19(3)20(4)27(31-24)22-8-10-23(11-9-22)28(29)32;1-3-2;3*1-2/h6,8-16H,1H2,2-4H3,(H2,29,32);3H,1-2H3;3*1-2H3. The van der Waals surface area contributed by atoms with Gasteiger partial charge in [-0.1, -0.05) is 78.2 Å². The summed E-state index contributed by atoms with van der Waals surface area (Å²) < 4.78 is 0. The largest absolute Gasteiger partial charge is 0.366 e. The van der Waals surface area contributed by atoms with E-state index < -0.39 is 5.91 Å². The molecule has 0 bridgehead atoms. The Labute approximate surface area is 250 Å². The van der Waals surface area contributed by atoms with Gasteiger partial charge < -0.3 is 5.73 Å². The molecule has 0 aliphatic carbocycles. The van der Waals surface area contributed by atoms with Gasteiger partial charge in [0.15, 0.2) is 0 Å². The van der Waals surface area contributed by atoms with Crippen LogP contribution < -0.4 is 5.73 Å². The van der Waals surface area contributed by atoms with Crippen molar-refractivity contribution >= 4 is 31.0 Å². The summed E-state index contributed by atoms with van der Waals surface area (Å²) in [4.78, 5) is 20.4. The quantitative estimate of drug-likeness (QED) is 0.197. The topological polar surface area (TPSA) is 68.9 Å². The number of nitrogens with two attached hydrogens (primary N) is 1. The minimum atomic E-state index is -0.442. The average molecular weight is 570 g/mol. The zero-order valence-electron chi connectivity index (χ0n) is 26.9. The molecule has 0 aliphatic heterocycles. The molecule has 2 N–H and O–H groups in total. The normalized spacial score (nSPS) is 9.05. The van der Waals surface area contributed by atoms with E-state index in [9.17, 15) is 4.79 Å². The lowest BCUT2D eigenvalue weighted by Crippen LogP contribution is -2.10. The minimum absolute atomic E-state index is 0.442. The van der Waals surface area contributed by atoms with Crippen molar-refractivity contribution in [1.29, 1.82) is 0 Å². The van der Waals surface area contributed by atoms with Crippen molar-refractivity contribution in [2.75, 3.05) is 13.3 Å². The van der Waals surface area contributed by atoms with Gasteiger partial charge >= 0.3 is 0 Å². The van der Waals surface area contributed by atoms with Crippen molar-refractivity contribution in [1.82, 2.24) is 9.97 Å². The fourth-order valence-corrected chi connectivity index (χ4v) is 3.85. The van der Waals surface area contributed by atoms with Gasteiger partial charge in [0.25, 0.3) is 0 Å². The van der Waals surface area contributed by atoms with Gasteiger partial charge in [0.1, 0.15) is 0 Å². The lowest BCUT2D eigenvalue weighted by Gasteiger charge is -2.16. The zero-order chi connectivity index (χ0) is 31.5. The number of hydrogen-bond donors (Lipinski definition) is 1. The summed E-state index contributed by atoms with van der Waals surface area (Å²) in [6.07, 6.45) is 3.45. The molecule has 0 saturated heterocycles. The van der Waals surface area contributed by atoms with E-state index >= 15 is 0 Å². The van der Waals surface area contributed by atoms with E-state index in [0.29, 0.717) is 5.56 Å². The van der Waals surface area contributed by atoms with Crippen LogP contribution in [0, 0.1) is 32.6 Å². The lowest BCUT2D eigenvalue weighted by atomic mass is 9.90. The van der Waals surface area contributed by atoms with Crippen LogP contribution in [0.3, 0.4) is 0 Å². The Bertz CT molecular complexity index is 1450. The summed E-state index contributed by atoms with van der Waals surface area (Å²) in [7, 11) is 1.08. The molecule has 218 valence electrons. The van der Waals surface area contributed by atoms with Crippen LogP contribution in [0.4, 0.5) is 0 Å². The maximum Gasteiger partial charge on any atom is 0.248 e. The lowest BCUT2D eigenvalue weighted by molar-refractivity contribution is 0.100. The van der Waals surface area contributed by atoms with Crippen LogP contribution >= 0.6 is 8.58 Å². The minimum Gasteiger partial charge on any atom is -0.366 e. The molecule has 0 atom stereocenters. The van der Waals surface area contributed by atoms with Crippen molar-refractivity contribution in [2.45, 2.75) is 62.3 Å². The molecule has 0 saturated carbocycles.